The highest BCUT2D eigenvalue weighted by molar-refractivity contribution is 5.85. The molecule has 0 aliphatic heterocycles. The van der Waals surface area contributed by atoms with Crippen molar-refractivity contribution in [2.24, 2.45) is 0 Å². The number of hydrogen-bond acceptors (Lipinski definition) is 5. The maximum absolute atomic E-state index is 13.0. The van der Waals surface area contributed by atoms with Gasteiger partial charge < -0.3 is 10.6 Å². The largest absolute Gasteiger partial charge is 0.353 e. The molecule has 0 aliphatic rings. The van der Waals surface area contributed by atoms with E-state index in [4.69, 9.17) is 0 Å². The second kappa shape index (κ2) is 9.94. The summed E-state index contributed by atoms with van der Waals surface area (Å²) < 4.78 is 14.5. The Labute approximate surface area is 146 Å². The monoisotopic (exact) mass is 356 g/mol. The first-order chi connectivity index (χ1) is 11.1. The van der Waals surface area contributed by atoms with Gasteiger partial charge in [-0.2, -0.15) is 0 Å². The zero-order valence-corrected chi connectivity index (χ0v) is 14.5. The van der Waals surface area contributed by atoms with Crippen LogP contribution in [0.25, 0.3) is 0 Å². The number of carbonyl (C=O) groups excluding carboxylic acids is 1. The molecule has 1 aromatic heterocycles. The van der Waals surface area contributed by atoms with Crippen LogP contribution in [-0.4, -0.2) is 45.7 Å². The SMILES string of the molecule is CCNCCNC(=O)C(Cc1ccc(F)cc1)n1nnnc1C.Cl. The standard InChI is InChI=1S/C15H21FN6O.ClH/c1-3-17-8-9-18-15(23)14(22-11(2)19-20-21-22)10-12-4-6-13(16)7-5-12;/h4-7,14,17H,3,8-10H2,1-2H3,(H,18,23);1H. The van der Waals surface area contributed by atoms with Crippen molar-refractivity contribution >= 4 is 18.3 Å². The van der Waals surface area contributed by atoms with Crippen molar-refractivity contribution in [1.82, 2.24) is 30.8 Å². The van der Waals surface area contributed by atoms with Crippen molar-refractivity contribution in [2.75, 3.05) is 19.6 Å². The van der Waals surface area contributed by atoms with Gasteiger partial charge in [0.25, 0.3) is 0 Å². The van der Waals surface area contributed by atoms with E-state index >= 15 is 0 Å². The average Bonchev–Trinajstić information content (AvgIpc) is 2.96. The molecule has 0 bridgehead atoms. The minimum absolute atomic E-state index is 0. The summed E-state index contributed by atoms with van der Waals surface area (Å²) in [4.78, 5) is 12.5. The number of carbonyl (C=O) groups is 1. The van der Waals surface area contributed by atoms with Gasteiger partial charge in [0, 0.05) is 19.5 Å². The molecule has 1 amide bonds. The number of likely N-dealkylation sites (N-methyl/N-ethyl adjacent to an activating group) is 1. The van der Waals surface area contributed by atoms with E-state index in [1.807, 2.05) is 6.92 Å². The topological polar surface area (TPSA) is 84.7 Å². The number of aryl methyl sites for hydroxylation is 1. The van der Waals surface area contributed by atoms with Gasteiger partial charge in [0.05, 0.1) is 0 Å². The Morgan fingerprint density at radius 2 is 2.00 bits per heavy atom. The average molecular weight is 357 g/mol. The van der Waals surface area contributed by atoms with Crippen LogP contribution < -0.4 is 10.6 Å². The van der Waals surface area contributed by atoms with Gasteiger partial charge in [-0.05, 0) is 41.6 Å². The lowest BCUT2D eigenvalue weighted by Crippen LogP contribution is -2.38. The van der Waals surface area contributed by atoms with Gasteiger partial charge in [0.2, 0.25) is 5.91 Å². The summed E-state index contributed by atoms with van der Waals surface area (Å²) in [5.74, 6) is 0.0839. The lowest BCUT2D eigenvalue weighted by atomic mass is 10.1. The zero-order valence-electron chi connectivity index (χ0n) is 13.7. The molecule has 2 aromatic rings. The Morgan fingerprint density at radius 1 is 1.29 bits per heavy atom. The normalized spacial score (nSPS) is 11.6. The quantitative estimate of drug-likeness (QED) is 0.691. The van der Waals surface area contributed by atoms with Crippen LogP contribution in [0, 0.1) is 12.7 Å². The fraction of sp³-hybridized carbons (Fsp3) is 0.467. The Kier molecular flexibility index (Phi) is 8.28. The Bertz CT molecular complexity index is 633. The summed E-state index contributed by atoms with van der Waals surface area (Å²) in [6, 6.07) is 5.50. The third-order valence-corrected chi connectivity index (χ3v) is 3.45. The van der Waals surface area contributed by atoms with Crippen molar-refractivity contribution in [1.29, 1.82) is 0 Å². The van der Waals surface area contributed by atoms with E-state index in [9.17, 15) is 9.18 Å². The van der Waals surface area contributed by atoms with Gasteiger partial charge in [-0.15, -0.1) is 17.5 Å². The van der Waals surface area contributed by atoms with E-state index in [0.717, 1.165) is 12.1 Å². The summed E-state index contributed by atoms with van der Waals surface area (Å²) in [5, 5.41) is 17.4. The van der Waals surface area contributed by atoms with Crippen molar-refractivity contribution < 1.29 is 9.18 Å². The van der Waals surface area contributed by atoms with E-state index < -0.39 is 6.04 Å². The van der Waals surface area contributed by atoms with E-state index in [0.29, 0.717) is 25.3 Å². The molecular weight excluding hydrogens is 335 g/mol. The lowest BCUT2D eigenvalue weighted by Gasteiger charge is -2.17. The van der Waals surface area contributed by atoms with E-state index in [-0.39, 0.29) is 24.1 Å². The van der Waals surface area contributed by atoms with Gasteiger partial charge in [-0.25, -0.2) is 9.07 Å². The molecule has 0 saturated carbocycles. The highest BCUT2D eigenvalue weighted by Gasteiger charge is 2.23. The number of benzene rings is 1. The minimum atomic E-state index is -0.572. The lowest BCUT2D eigenvalue weighted by molar-refractivity contribution is -0.124. The van der Waals surface area contributed by atoms with Crippen LogP contribution in [0.3, 0.4) is 0 Å². The zero-order chi connectivity index (χ0) is 16.7. The Balaban J connectivity index is 0.00000288. The van der Waals surface area contributed by atoms with Crippen molar-refractivity contribution in [3.63, 3.8) is 0 Å². The second-order valence-electron chi connectivity index (χ2n) is 5.16. The maximum atomic E-state index is 13.0. The third kappa shape index (κ3) is 5.54. The minimum Gasteiger partial charge on any atom is -0.353 e. The van der Waals surface area contributed by atoms with Crippen LogP contribution in [0.1, 0.15) is 24.4 Å². The van der Waals surface area contributed by atoms with Crippen LogP contribution >= 0.6 is 12.4 Å². The van der Waals surface area contributed by atoms with Crippen LogP contribution in [0.5, 0.6) is 0 Å². The number of amides is 1. The van der Waals surface area contributed by atoms with Gasteiger partial charge in [-0.3, -0.25) is 4.79 Å². The first kappa shape index (κ1) is 20.0. The van der Waals surface area contributed by atoms with Crippen molar-refractivity contribution in [2.45, 2.75) is 26.3 Å². The predicted octanol–water partition coefficient (Wildman–Crippen LogP) is 1.05. The Morgan fingerprint density at radius 3 is 2.58 bits per heavy atom. The van der Waals surface area contributed by atoms with Crippen LogP contribution in [0.2, 0.25) is 0 Å². The summed E-state index contributed by atoms with van der Waals surface area (Å²) in [5.41, 5.74) is 0.841. The first-order valence-electron chi connectivity index (χ1n) is 7.59. The molecule has 1 atom stereocenters. The fourth-order valence-electron chi connectivity index (χ4n) is 2.23. The van der Waals surface area contributed by atoms with Crippen LogP contribution in [-0.2, 0) is 11.2 Å². The third-order valence-electron chi connectivity index (χ3n) is 3.45. The molecule has 2 rings (SSSR count). The molecule has 132 valence electrons. The smallest absolute Gasteiger partial charge is 0.245 e. The number of halogens is 2. The summed E-state index contributed by atoms with van der Waals surface area (Å²) in [7, 11) is 0. The number of rotatable bonds is 8. The molecule has 9 heteroatoms. The van der Waals surface area contributed by atoms with Gasteiger partial charge in [-0.1, -0.05) is 19.1 Å². The highest BCUT2D eigenvalue weighted by Crippen LogP contribution is 2.15. The fourth-order valence-corrected chi connectivity index (χ4v) is 2.23. The second-order valence-corrected chi connectivity index (χ2v) is 5.16. The van der Waals surface area contributed by atoms with Gasteiger partial charge in [0.15, 0.2) is 0 Å². The summed E-state index contributed by atoms with van der Waals surface area (Å²) in [6.45, 7) is 5.81. The number of aromatic nitrogens is 4. The van der Waals surface area contributed by atoms with Gasteiger partial charge >= 0.3 is 0 Å². The highest BCUT2D eigenvalue weighted by atomic mass is 35.5. The molecule has 0 fully saturated rings. The maximum Gasteiger partial charge on any atom is 0.245 e. The van der Waals surface area contributed by atoms with Crippen molar-refractivity contribution in [3.8, 4) is 0 Å². The number of tetrazole rings is 1. The van der Waals surface area contributed by atoms with E-state index in [2.05, 4.69) is 26.2 Å². The number of nitrogens with zero attached hydrogens (tertiary/aromatic N) is 4. The molecule has 0 aliphatic carbocycles. The van der Waals surface area contributed by atoms with Crippen LogP contribution in [0.15, 0.2) is 24.3 Å². The van der Waals surface area contributed by atoms with E-state index in [1.165, 1.54) is 16.8 Å². The molecule has 1 heterocycles. The molecule has 7 nitrogen and oxygen atoms in total. The first-order valence-corrected chi connectivity index (χ1v) is 7.59. The molecule has 0 radical (unpaired) electrons. The molecule has 0 saturated heterocycles. The molecule has 1 aromatic carbocycles. The number of hydrogen-bond donors (Lipinski definition) is 2. The molecule has 24 heavy (non-hydrogen) atoms. The number of nitrogens with one attached hydrogen (secondary N) is 2. The molecule has 1 unspecified atom stereocenters. The Hall–Kier alpha value is -2.06. The molecular formula is C15H22ClFN6O. The van der Waals surface area contributed by atoms with Crippen LogP contribution in [0.4, 0.5) is 4.39 Å². The molecule has 0 spiro atoms. The summed E-state index contributed by atoms with van der Waals surface area (Å²) >= 11 is 0. The molecule has 2 N–H and O–H groups in total. The summed E-state index contributed by atoms with van der Waals surface area (Å²) in [6.07, 6.45) is 0.388. The predicted molar refractivity (Wildman–Crippen MR) is 90.5 cm³/mol. The van der Waals surface area contributed by atoms with E-state index in [1.54, 1.807) is 19.1 Å². The van der Waals surface area contributed by atoms with Crippen molar-refractivity contribution in [3.05, 3.63) is 41.5 Å². The van der Waals surface area contributed by atoms with Gasteiger partial charge in [0.1, 0.15) is 17.7 Å².